The molecule has 1 aromatic carbocycles. The van der Waals surface area contributed by atoms with Gasteiger partial charge in [0.25, 0.3) is 0 Å². The zero-order chi connectivity index (χ0) is 14.7. The standard InChI is InChI=1S/C12H14N6O2/c1-7-3-8(2)5-9(4-7)15-11-10(18(19)20)6-14-12(16-11)17-13/h3-6H,13H2,1-2H3,(H2,14,15,16,17). The van der Waals surface area contributed by atoms with E-state index in [0.717, 1.165) is 17.3 Å². The van der Waals surface area contributed by atoms with Crippen molar-refractivity contribution in [3.05, 3.63) is 45.6 Å². The molecule has 0 saturated heterocycles. The van der Waals surface area contributed by atoms with Crippen LogP contribution in [-0.4, -0.2) is 14.9 Å². The average molecular weight is 274 g/mol. The van der Waals surface area contributed by atoms with Crippen LogP contribution in [0.1, 0.15) is 11.1 Å². The first-order valence-corrected chi connectivity index (χ1v) is 5.83. The van der Waals surface area contributed by atoms with Gasteiger partial charge in [-0.15, -0.1) is 0 Å². The van der Waals surface area contributed by atoms with Crippen molar-refractivity contribution in [2.24, 2.45) is 5.84 Å². The van der Waals surface area contributed by atoms with Gasteiger partial charge in [0, 0.05) is 5.69 Å². The lowest BCUT2D eigenvalue weighted by molar-refractivity contribution is -0.384. The Hall–Kier alpha value is -2.74. The third-order valence-corrected chi connectivity index (χ3v) is 2.58. The van der Waals surface area contributed by atoms with Gasteiger partial charge in [-0.25, -0.2) is 10.8 Å². The zero-order valence-electron chi connectivity index (χ0n) is 11.0. The molecule has 20 heavy (non-hydrogen) atoms. The van der Waals surface area contributed by atoms with Gasteiger partial charge >= 0.3 is 5.69 Å². The molecule has 0 atom stereocenters. The second-order valence-electron chi connectivity index (χ2n) is 4.33. The molecule has 0 amide bonds. The number of rotatable bonds is 4. The lowest BCUT2D eigenvalue weighted by Gasteiger charge is -2.09. The summed E-state index contributed by atoms with van der Waals surface area (Å²) in [5.41, 5.74) is 4.84. The van der Waals surface area contributed by atoms with Crippen LogP contribution >= 0.6 is 0 Å². The van der Waals surface area contributed by atoms with Gasteiger partial charge in [0.15, 0.2) is 0 Å². The predicted molar refractivity (Wildman–Crippen MR) is 75.7 cm³/mol. The van der Waals surface area contributed by atoms with E-state index in [1.165, 1.54) is 0 Å². The fourth-order valence-electron chi connectivity index (χ4n) is 1.85. The molecule has 0 saturated carbocycles. The van der Waals surface area contributed by atoms with Crippen LogP contribution in [0.3, 0.4) is 0 Å². The van der Waals surface area contributed by atoms with E-state index in [0.29, 0.717) is 5.69 Å². The van der Waals surface area contributed by atoms with Crippen LogP contribution in [0.15, 0.2) is 24.4 Å². The number of aromatic nitrogens is 2. The minimum Gasteiger partial charge on any atom is -0.334 e. The lowest BCUT2D eigenvalue weighted by Crippen LogP contribution is -2.12. The van der Waals surface area contributed by atoms with Crippen LogP contribution in [0, 0.1) is 24.0 Å². The maximum Gasteiger partial charge on any atom is 0.329 e. The number of hydrazine groups is 1. The molecule has 0 aliphatic rings. The average Bonchev–Trinajstić information content (AvgIpc) is 2.37. The van der Waals surface area contributed by atoms with Crippen molar-refractivity contribution in [1.29, 1.82) is 0 Å². The molecule has 0 fully saturated rings. The molecule has 104 valence electrons. The maximum absolute atomic E-state index is 11.0. The Labute approximate surface area is 115 Å². The van der Waals surface area contributed by atoms with Crippen molar-refractivity contribution in [3.8, 4) is 0 Å². The first kappa shape index (κ1) is 13.7. The van der Waals surface area contributed by atoms with Gasteiger partial charge in [-0.05, 0) is 37.1 Å². The van der Waals surface area contributed by atoms with Crippen molar-refractivity contribution in [1.82, 2.24) is 9.97 Å². The number of aryl methyl sites for hydroxylation is 2. The molecule has 2 rings (SSSR count). The van der Waals surface area contributed by atoms with Gasteiger partial charge in [-0.1, -0.05) is 6.07 Å². The molecule has 0 spiro atoms. The number of nitrogens with one attached hydrogen (secondary N) is 2. The molecular weight excluding hydrogens is 260 g/mol. The summed E-state index contributed by atoms with van der Waals surface area (Å²) in [4.78, 5) is 18.1. The van der Waals surface area contributed by atoms with E-state index < -0.39 is 4.92 Å². The highest BCUT2D eigenvalue weighted by Crippen LogP contribution is 2.26. The summed E-state index contributed by atoms with van der Waals surface area (Å²) in [7, 11) is 0. The van der Waals surface area contributed by atoms with Crippen LogP contribution in [0.25, 0.3) is 0 Å². The highest BCUT2D eigenvalue weighted by atomic mass is 16.6. The van der Waals surface area contributed by atoms with Crippen molar-refractivity contribution < 1.29 is 4.92 Å². The summed E-state index contributed by atoms with van der Waals surface area (Å²) in [6, 6.07) is 5.75. The minimum atomic E-state index is -0.550. The second-order valence-corrected chi connectivity index (χ2v) is 4.33. The number of hydrogen-bond acceptors (Lipinski definition) is 7. The topological polar surface area (TPSA) is 119 Å². The minimum absolute atomic E-state index is 0.0861. The van der Waals surface area contributed by atoms with Crippen molar-refractivity contribution in [3.63, 3.8) is 0 Å². The Morgan fingerprint density at radius 2 is 1.90 bits per heavy atom. The molecule has 0 bridgehead atoms. The van der Waals surface area contributed by atoms with E-state index in [-0.39, 0.29) is 17.5 Å². The number of nitrogens with two attached hydrogens (primary N) is 1. The molecule has 2 aromatic rings. The summed E-state index contributed by atoms with van der Waals surface area (Å²) in [6.07, 6.45) is 1.10. The molecule has 4 N–H and O–H groups in total. The summed E-state index contributed by atoms with van der Waals surface area (Å²) < 4.78 is 0. The van der Waals surface area contributed by atoms with E-state index in [1.807, 2.05) is 32.0 Å². The number of nitrogens with zero attached hydrogens (tertiary/aromatic N) is 3. The zero-order valence-corrected chi connectivity index (χ0v) is 11.0. The van der Waals surface area contributed by atoms with E-state index in [1.54, 1.807) is 0 Å². The molecule has 0 aliphatic heterocycles. The summed E-state index contributed by atoms with van der Waals surface area (Å²) >= 11 is 0. The molecule has 0 radical (unpaired) electrons. The quantitative estimate of drug-likeness (QED) is 0.443. The fraction of sp³-hybridized carbons (Fsp3) is 0.167. The largest absolute Gasteiger partial charge is 0.334 e. The number of hydrogen-bond donors (Lipinski definition) is 3. The fourth-order valence-corrected chi connectivity index (χ4v) is 1.85. The molecule has 1 aromatic heterocycles. The van der Waals surface area contributed by atoms with Crippen molar-refractivity contribution in [2.45, 2.75) is 13.8 Å². The summed E-state index contributed by atoms with van der Waals surface area (Å²) in [5.74, 6) is 5.40. The van der Waals surface area contributed by atoms with E-state index in [9.17, 15) is 10.1 Å². The molecule has 8 nitrogen and oxygen atoms in total. The van der Waals surface area contributed by atoms with Crippen LogP contribution in [0.4, 0.5) is 23.1 Å². The van der Waals surface area contributed by atoms with Crippen LogP contribution in [0.5, 0.6) is 0 Å². The first-order chi connectivity index (χ1) is 9.49. The number of nitrogen functional groups attached to an aromatic ring is 1. The highest BCUT2D eigenvalue weighted by Gasteiger charge is 2.17. The SMILES string of the molecule is Cc1cc(C)cc(Nc2nc(NN)ncc2[N+](=O)[O-])c1. The van der Waals surface area contributed by atoms with Crippen molar-refractivity contribution in [2.75, 3.05) is 10.7 Å². The van der Waals surface area contributed by atoms with Crippen LogP contribution < -0.4 is 16.6 Å². The van der Waals surface area contributed by atoms with Crippen LogP contribution in [-0.2, 0) is 0 Å². The Morgan fingerprint density at radius 1 is 1.25 bits per heavy atom. The summed E-state index contributed by atoms with van der Waals surface area (Å²) in [6.45, 7) is 3.89. The molecule has 8 heteroatoms. The Morgan fingerprint density at radius 3 is 2.45 bits per heavy atom. The van der Waals surface area contributed by atoms with Gasteiger partial charge < -0.3 is 5.32 Å². The Bertz CT molecular complexity index is 638. The first-order valence-electron chi connectivity index (χ1n) is 5.83. The molecule has 0 unspecified atom stereocenters. The highest BCUT2D eigenvalue weighted by molar-refractivity contribution is 5.66. The monoisotopic (exact) mass is 274 g/mol. The molecular formula is C12H14N6O2. The normalized spacial score (nSPS) is 10.2. The lowest BCUT2D eigenvalue weighted by atomic mass is 10.1. The van der Waals surface area contributed by atoms with E-state index >= 15 is 0 Å². The number of anilines is 3. The van der Waals surface area contributed by atoms with Gasteiger partial charge in [0.1, 0.15) is 6.20 Å². The molecule has 1 heterocycles. The summed E-state index contributed by atoms with van der Waals surface area (Å²) in [5, 5.41) is 13.9. The predicted octanol–water partition coefficient (Wildman–Crippen LogP) is 2.03. The van der Waals surface area contributed by atoms with Gasteiger partial charge in [-0.3, -0.25) is 15.5 Å². The Kier molecular flexibility index (Phi) is 3.76. The third kappa shape index (κ3) is 2.98. The van der Waals surface area contributed by atoms with E-state index in [2.05, 4.69) is 20.7 Å². The van der Waals surface area contributed by atoms with E-state index in [4.69, 9.17) is 5.84 Å². The number of nitro groups is 1. The number of benzene rings is 1. The molecule has 0 aliphatic carbocycles. The van der Waals surface area contributed by atoms with Crippen molar-refractivity contribution >= 4 is 23.1 Å². The van der Waals surface area contributed by atoms with Crippen LogP contribution in [0.2, 0.25) is 0 Å². The van der Waals surface area contributed by atoms with Gasteiger partial charge in [0.05, 0.1) is 4.92 Å². The maximum atomic E-state index is 11.0. The third-order valence-electron chi connectivity index (χ3n) is 2.58. The second kappa shape index (κ2) is 5.49. The smallest absolute Gasteiger partial charge is 0.329 e. The van der Waals surface area contributed by atoms with Gasteiger partial charge in [0.2, 0.25) is 11.8 Å². The van der Waals surface area contributed by atoms with Gasteiger partial charge in [-0.2, -0.15) is 4.98 Å². The Balaban J connectivity index is 2.42.